The molecule has 2 N–H and O–H groups in total. The fourth-order valence-electron chi connectivity index (χ4n) is 3.69. The number of nitrogens with one attached hydrogen (secondary N) is 1. The van der Waals surface area contributed by atoms with E-state index in [1.54, 1.807) is 31.4 Å². The van der Waals surface area contributed by atoms with Gasteiger partial charge in [0.15, 0.2) is 0 Å². The Bertz CT molecular complexity index is 784. The first-order valence-electron chi connectivity index (χ1n) is 9.04. The minimum atomic E-state index is -4.45. The number of piperidine rings is 1. The fraction of sp³-hybridized carbons (Fsp3) is 0.632. The minimum absolute atomic E-state index is 0.0173. The molecular formula is C19H26F3N3O. The van der Waals surface area contributed by atoms with Crippen LogP contribution in [0.25, 0.3) is 11.0 Å². The summed E-state index contributed by atoms with van der Waals surface area (Å²) in [5, 5.41) is 13.6. The zero-order valence-corrected chi connectivity index (χ0v) is 15.5. The van der Waals surface area contributed by atoms with Gasteiger partial charge in [0.2, 0.25) is 0 Å². The summed E-state index contributed by atoms with van der Waals surface area (Å²) in [5.74, 6) is 1.02. The molecule has 1 fully saturated rings. The monoisotopic (exact) mass is 369 g/mol. The first-order valence-corrected chi connectivity index (χ1v) is 9.04. The molecule has 2 aromatic rings. The number of hydrogen-bond donors (Lipinski definition) is 2. The highest BCUT2D eigenvalue weighted by Crippen LogP contribution is 2.36. The van der Waals surface area contributed by atoms with Crippen LogP contribution in [0.4, 0.5) is 13.2 Å². The van der Waals surface area contributed by atoms with Crippen LogP contribution >= 0.6 is 0 Å². The van der Waals surface area contributed by atoms with Gasteiger partial charge in [-0.15, -0.1) is 0 Å². The van der Waals surface area contributed by atoms with Crippen molar-refractivity contribution in [3.05, 3.63) is 29.1 Å². The van der Waals surface area contributed by atoms with Crippen LogP contribution in [-0.4, -0.2) is 33.3 Å². The van der Waals surface area contributed by atoms with Crippen molar-refractivity contribution in [1.29, 1.82) is 0 Å². The van der Waals surface area contributed by atoms with Crippen LogP contribution in [0.1, 0.15) is 43.6 Å². The Balaban J connectivity index is 2.13. The van der Waals surface area contributed by atoms with Crippen molar-refractivity contribution in [1.82, 2.24) is 14.9 Å². The highest BCUT2D eigenvalue weighted by molar-refractivity contribution is 5.81. The average Bonchev–Trinajstić information content (AvgIpc) is 2.82. The van der Waals surface area contributed by atoms with E-state index in [2.05, 4.69) is 10.3 Å². The molecule has 1 aliphatic rings. The minimum Gasteiger partial charge on any atom is -0.389 e. The van der Waals surface area contributed by atoms with Gasteiger partial charge in [-0.25, -0.2) is 4.98 Å². The van der Waals surface area contributed by atoms with E-state index in [9.17, 15) is 18.3 Å². The number of nitrogens with zero attached hydrogens (tertiary/aromatic N) is 2. The highest BCUT2D eigenvalue weighted by Gasteiger charge is 2.35. The largest absolute Gasteiger partial charge is 0.418 e. The van der Waals surface area contributed by atoms with E-state index in [4.69, 9.17) is 0 Å². The summed E-state index contributed by atoms with van der Waals surface area (Å²) in [7, 11) is 0. The molecule has 0 radical (unpaired) electrons. The van der Waals surface area contributed by atoms with Gasteiger partial charge in [0.25, 0.3) is 0 Å². The van der Waals surface area contributed by atoms with Crippen LogP contribution < -0.4 is 5.32 Å². The first kappa shape index (κ1) is 19.2. The van der Waals surface area contributed by atoms with Gasteiger partial charge in [-0.05, 0) is 70.3 Å². The van der Waals surface area contributed by atoms with Gasteiger partial charge in [-0.1, -0.05) is 0 Å². The van der Waals surface area contributed by atoms with Crippen molar-refractivity contribution in [2.45, 2.75) is 58.4 Å². The van der Waals surface area contributed by atoms with E-state index in [0.29, 0.717) is 29.2 Å². The molecule has 3 rings (SSSR count). The van der Waals surface area contributed by atoms with Crippen LogP contribution in [0.3, 0.4) is 0 Å². The number of imidazole rings is 1. The topological polar surface area (TPSA) is 50.1 Å². The third-order valence-corrected chi connectivity index (χ3v) is 4.86. The summed E-state index contributed by atoms with van der Waals surface area (Å²) >= 11 is 0. The molecule has 7 heteroatoms. The van der Waals surface area contributed by atoms with Crippen LogP contribution in [0, 0.1) is 12.8 Å². The SMILES string of the molecule is Cc1cc(C(F)(F)F)c2nc(CC3CCNCC3)n(CC(C)(C)O)c2c1. The summed E-state index contributed by atoms with van der Waals surface area (Å²) in [6.45, 7) is 7.03. The molecular weight excluding hydrogens is 343 g/mol. The zero-order valence-electron chi connectivity index (χ0n) is 15.5. The van der Waals surface area contributed by atoms with E-state index >= 15 is 0 Å². The molecule has 0 spiro atoms. The predicted molar refractivity (Wildman–Crippen MR) is 95.1 cm³/mol. The van der Waals surface area contributed by atoms with Crippen LogP contribution in [0.2, 0.25) is 0 Å². The Morgan fingerprint density at radius 1 is 1.23 bits per heavy atom. The third-order valence-electron chi connectivity index (χ3n) is 4.86. The Labute approximate surface area is 151 Å². The molecule has 1 aliphatic heterocycles. The molecule has 0 unspecified atom stereocenters. The van der Waals surface area contributed by atoms with Crippen molar-refractivity contribution < 1.29 is 18.3 Å². The Kier molecular flexibility index (Phi) is 5.05. The Morgan fingerprint density at radius 2 is 1.88 bits per heavy atom. The lowest BCUT2D eigenvalue weighted by Gasteiger charge is -2.24. The number of rotatable bonds is 4. The van der Waals surface area contributed by atoms with E-state index in [-0.39, 0.29) is 12.1 Å². The second-order valence-corrected chi connectivity index (χ2v) is 8.00. The van der Waals surface area contributed by atoms with Gasteiger partial charge in [-0.2, -0.15) is 13.2 Å². The van der Waals surface area contributed by atoms with E-state index < -0.39 is 17.3 Å². The lowest BCUT2D eigenvalue weighted by Crippen LogP contribution is -2.30. The lowest BCUT2D eigenvalue weighted by molar-refractivity contribution is -0.136. The molecule has 4 nitrogen and oxygen atoms in total. The molecule has 0 atom stereocenters. The summed E-state index contributed by atoms with van der Waals surface area (Å²) < 4.78 is 42.4. The van der Waals surface area contributed by atoms with Gasteiger partial charge < -0.3 is 15.0 Å². The molecule has 0 bridgehead atoms. The standard InChI is InChI=1S/C19H26F3N3O/c1-12-8-14(19(20,21)22)17-15(9-12)25(11-18(2,3)26)16(24-17)10-13-4-6-23-7-5-13/h8-9,13,23,26H,4-7,10-11H2,1-3H3. The maximum absolute atomic E-state index is 13.5. The molecule has 1 aromatic carbocycles. The molecule has 0 saturated carbocycles. The highest BCUT2D eigenvalue weighted by atomic mass is 19.4. The van der Waals surface area contributed by atoms with Gasteiger partial charge in [0, 0.05) is 6.42 Å². The Morgan fingerprint density at radius 3 is 2.46 bits per heavy atom. The van der Waals surface area contributed by atoms with Crippen molar-refractivity contribution >= 4 is 11.0 Å². The molecule has 0 aliphatic carbocycles. The molecule has 26 heavy (non-hydrogen) atoms. The number of aryl methyl sites for hydroxylation is 1. The number of benzene rings is 1. The first-order chi connectivity index (χ1) is 12.0. The normalized spacial score (nSPS) is 17.2. The quantitative estimate of drug-likeness (QED) is 0.864. The van der Waals surface area contributed by atoms with Gasteiger partial charge in [0.05, 0.1) is 23.2 Å². The molecule has 0 amide bonds. The van der Waals surface area contributed by atoms with E-state index in [0.717, 1.165) is 32.0 Å². The molecule has 1 saturated heterocycles. The van der Waals surface area contributed by atoms with E-state index in [1.165, 1.54) is 0 Å². The van der Waals surface area contributed by atoms with Crippen molar-refractivity contribution in [2.75, 3.05) is 13.1 Å². The second-order valence-electron chi connectivity index (χ2n) is 8.00. The smallest absolute Gasteiger partial charge is 0.389 e. The molecule has 2 heterocycles. The Hall–Kier alpha value is -1.60. The van der Waals surface area contributed by atoms with Crippen molar-refractivity contribution in [2.24, 2.45) is 5.92 Å². The lowest BCUT2D eigenvalue weighted by atomic mass is 9.94. The molecule has 1 aromatic heterocycles. The molecule has 144 valence electrons. The third kappa shape index (κ3) is 4.20. The summed E-state index contributed by atoms with van der Waals surface area (Å²) in [6, 6.07) is 2.88. The average molecular weight is 369 g/mol. The number of fused-ring (bicyclic) bond motifs is 1. The number of halogens is 3. The number of hydrogen-bond acceptors (Lipinski definition) is 3. The summed E-state index contributed by atoms with van der Waals surface area (Å²) in [6.07, 6.45) is -1.86. The number of aromatic nitrogens is 2. The maximum atomic E-state index is 13.5. The van der Waals surface area contributed by atoms with Gasteiger partial charge in [-0.3, -0.25) is 0 Å². The number of alkyl halides is 3. The van der Waals surface area contributed by atoms with Crippen molar-refractivity contribution in [3.63, 3.8) is 0 Å². The second kappa shape index (κ2) is 6.85. The van der Waals surface area contributed by atoms with Crippen LogP contribution in [-0.2, 0) is 19.1 Å². The van der Waals surface area contributed by atoms with Crippen LogP contribution in [0.5, 0.6) is 0 Å². The van der Waals surface area contributed by atoms with E-state index in [1.807, 2.05) is 0 Å². The summed E-state index contributed by atoms with van der Waals surface area (Å²) in [4.78, 5) is 4.41. The van der Waals surface area contributed by atoms with Crippen LogP contribution in [0.15, 0.2) is 12.1 Å². The summed E-state index contributed by atoms with van der Waals surface area (Å²) in [5.41, 5.74) is -0.776. The van der Waals surface area contributed by atoms with Crippen molar-refractivity contribution in [3.8, 4) is 0 Å². The number of aliphatic hydroxyl groups is 1. The van der Waals surface area contributed by atoms with Gasteiger partial charge in [0.1, 0.15) is 11.3 Å². The maximum Gasteiger partial charge on any atom is 0.418 e. The van der Waals surface area contributed by atoms with Gasteiger partial charge >= 0.3 is 6.18 Å². The fourth-order valence-corrected chi connectivity index (χ4v) is 3.69. The predicted octanol–water partition coefficient (Wildman–Crippen LogP) is 3.68. The zero-order chi connectivity index (χ0) is 19.1.